The van der Waals surface area contributed by atoms with Crippen LogP contribution in [-0.4, -0.2) is 19.5 Å². The van der Waals surface area contributed by atoms with Crippen LogP contribution in [0.1, 0.15) is 0 Å². The summed E-state index contributed by atoms with van der Waals surface area (Å²) in [5.74, 6) is 1.59. The number of aromatic nitrogens is 4. The van der Waals surface area contributed by atoms with Gasteiger partial charge in [-0.15, -0.1) is 0 Å². The molecule has 12 aromatic rings. The molecule has 0 N–H and O–H groups in total. The van der Waals surface area contributed by atoms with Crippen molar-refractivity contribution in [2.24, 2.45) is 0 Å². The Bertz CT molecular complexity index is 3530. The molecular weight excluding hydrogens is 701 g/mol. The molecule has 4 aromatic heterocycles. The fraction of sp³-hybridized carbons (Fsp3) is 0. The fourth-order valence-corrected chi connectivity index (χ4v) is 8.46. The van der Waals surface area contributed by atoms with Gasteiger partial charge in [0, 0.05) is 43.4 Å². The van der Waals surface area contributed by atoms with Crippen molar-refractivity contribution in [2.45, 2.75) is 0 Å². The minimum atomic E-state index is 0.496. The third-order valence-corrected chi connectivity index (χ3v) is 11.1. The van der Waals surface area contributed by atoms with E-state index in [2.05, 4.69) is 120 Å². The van der Waals surface area contributed by atoms with E-state index in [1.807, 2.05) is 66.7 Å². The van der Waals surface area contributed by atoms with Crippen molar-refractivity contribution in [3.8, 4) is 51.0 Å². The predicted octanol–water partition coefficient (Wildman–Crippen LogP) is 13.4. The van der Waals surface area contributed by atoms with Gasteiger partial charge in [0.1, 0.15) is 22.3 Å². The number of fused-ring (bicyclic) bond motifs is 10. The maximum atomic E-state index is 6.67. The summed E-state index contributed by atoms with van der Waals surface area (Å²) in [4.78, 5) is 15.8. The highest BCUT2D eigenvalue weighted by Gasteiger charge is 2.23. The SMILES string of the molecule is c1ccc(-c2cccc(-c3cc(-c4nc(-c5ccccc5)nc(-n5c6ccccc6c6ccc7c8ccccc8oc7c65)n4)cc4oc5ccccc5c34)c2)cc1. The molecule has 0 bridgehead atoms. The third-order valence-electron chi connectivity index (χ3n) is 11.1. The van der Waals surface area contributed by atoms with E-state index in [1.165, 1.54) is 0 Å². The molecule has 8 aromatic carbocycles. The first-order valence-corrected chi connectivity index (χ1v) is 19.0. The summed E-state index contributed by atoms with van der Waals surface area (Å²) < 4.78 is 15.4. The summed E-state index contributed by atoms with van der Waals surface area (Å²) in [6.07, 6.45) is 0. The molecule has 0 saturated carbocycles. The Morgan fingerprint density at radius 3 is 1.79 bits per heavy atom. The van der Waals surface area contributed by atoms with Crippen LogP contribution in [-0.2, 0) is 0 Å². The molecule has 12 rings (SSSR count). The minimum absolute atomic E-state index is 0.496. The van der Waals surface area contributed by atoms with Crippen molar-refractivity contribution in [1.29, 1.82) is 0 Å². The second-order valence-corrected chi connectivity index (χ2v) is 14.4. The molecule has 0 unspecified atom stereocenters. The van der Waals surface area contributed by atoms with Crippen molar-refractivity contribution >= 4 is 65.7 Å². The molecule has 0 fully saturated rings. The first kappa shape index (κ1) is 31.5. The van der Waals surface area contributed by atoms with E-state index in [0.717, 1.165) is 99.1 Å². The van der Waals surface area contributed by atoms with Crippen LogP contribution in [0.15, 0.2) is 191 Å². The van der Waals surface area contributed by atoms with Gasteiger partial charge in [0.15, 0.2) is 17.2 Å². The molecule has 0 spiro atoms. The zero-order chi connectivity index (χ0) is 37.5. The van der Waals surface area contributed by atoms with Gasteiger partial charge < -0.3 is 8.83 Å². The minimum Gasteiger partial charge on any atom is -0.456 e. The maximum Gasteiger partial charge on any atom is 0.238 e. The van der Waals surface area contributed by atoms with E-state index in [0.29, 0.717) is 17.6 Å². The molecule has 0 saturated heterocycles. The van der Waals surface area contributed by atoms with E-state index < -0.39 is 0 Å². The van der Waals surface area contributed by atoms with E-state index in [1.54, 1.807) is 0 Å². The maximum absolute atomic E-state index is 6.67. The lowest BCUT2D eigenvalue weighted by atomic mass is 9.94. The molecule has 0 atom stereocenters. The highest BCUT2D eigenvalue weighted by atomic mass is 16.3. The van der Waals surface area contributed by atoms with E-state index in [4.69, 9.17) is 23.8 Å². The van der Waals surface area contributed by atoms with Gasteiger partial charge in [0.2, 0.25) is 5.95 Å². The smallest absolute Gasteiger partial charge is 0.238 e. The molecule has 266 valence electrons. The highest BCUT2D eigenvalue weighted by molar-refractivity contribution is 6.21. The van der Waals surface area contributed by atoms with Crippen molar-refractivity contribution < 1.29 is 8.83 Å². The Kier molecular flexibility index (Phi) is 6.83. The molecule has 6 heteroatoms. The van der Waals surface area contributed by atoms with Crippen LogP contribution >= 0.6 is 0 Å². The van der Waals surface area contributed by atoms with Gasteiger partial charge in [-0.1, -0.05) is 140 Å². The monoisotopic (exact) mass is 730 g/mol. The van der Waals surface area contributed by atoms with Crippen LogP contribution < -0.4 is 0 Å². The highest BCUT2D eigenvalue weighted by Crippen LogP contribution is 2.42. The van der Waals surface area contributed by atoms with Crippen molar-refractivity contribution in [3.63, 3.8) is 0 Å². The fourth-order valence-electron chi connectivity index (χ4n) is 8.46. The summed E-state index contributed by atoms with van der Waals surface area (Å²) in [6, 6.07) is 62.7. The van der Waals surface area contributed by atoms with Crippen LogP contribution in [0.3, 0.4) is 0 Å². The molecule has 0 aliphatic heterocycles. The van der Waals surface area contributed by atoms with Crippen LogP contribution in [0.25, 0.3) is 117 Å². The zero-order valence-electron chi connectivity index (χ0n) is 30.4. The lowest BCUT2D eigenvalue weighted by molar-refractivity contribution is 0.669. The van der Waals surface area contributed by atoms with Crippen LogP contribution in [0.5, 0.6) is 0 Å². The summed E-state index contributed by atoms with van der Waals surface area (Å²) in [5.41, 5.74) is 11.2. The summed E-state index contributed by atoms with van der Waals surface area (Å²) >= 11 is 0. The second kappa shape index (κ2) is 12.3. The van der Waals surface area contributed by atoms with E-state index >= 15 is 0 Å². The van der Waals surface area contributed by atoms with Gasteiger partial charge in [-0.2, -0.15) is 9.97 Å². The molecule has 0 aliphatic carbocycles. The van der Waals surface area contributed by atoms with E-state index in [9.17, 15) is 0 Å². The van der Waals surface area contributed by atoms with Gasteiger partial charge in [0.25, 0.3) is 0 Å². The number of hydrogen-bond acceptors (Lipinski definition) is 5. The lowest BCUT2D eigenvalue weighted by Gasteiger charge is -2.13. The third kappa shape index (κ3) is 4.94. The average molecular weight is 731 g/mol. The Balaban J connectivity index is 1.16. The Hall–Kier alpha value is -7.83. The Morgan fingerprint density at radius 2 is 0.982 bits per heavy atom. The van der Waals surface area contributed by atoms with Crippen LogP contribution in [0.4, 0.5) is 0 Å². The number of nitrogens with zero attached hydrogens (tertiary/aromatic N) is 4. The summed E-state index contributed by atoms with van der Waals surface area (Å²) in [6.45, 7) is 0. The second-order valence-electron chi connectivity index (χ2n) is 14.4. The van der Waals surface area contributed by atoms with Gasteiger partial charge in [-0.3, -0.25) is 4.57 Å². The standard InChI is InChI=1S/C51H30N4O2/c1-3-14-31(15-4-1)33-18-13-19-34(28-33)41-29-35(30-45-46(41)40-22-9-12-25-44(40)56-45)50-52-49(32-16-5-2-6-17-32)53-51(54-50)55-42-23-10-7-20-36(42)38-26-27-39-37-21-8-11-24-43(37)57-48(39)47(38)55/h1-30H. The molecule has 57 heavy (non-hydrogen) atoms. The first-order valence-electron chi connectivity index (χ1n) is 19.0. The topological polar surface area (TPSA) is 69.9 Å². The largest absolute Gasteiger partial charge is 0.456 e. The number of furan rings is 2. The normalized spacial score (nSPS) is 11.9. The van der Waals surface area contributed by atoms with Crippen LogP contribution in [0, 0.1) is 0 Å². The average Bonchev–Trinajstić information content (AvgIpc) is 3.96. The van der Waals surface area contributed by atoms with Crippen molar-refractivity contribution in [1.82, 2.24) is 19.5 Å². The summed E-state index contributed by atoms with van der Waals surface area (Å²) in [7, 11) is 0. The van der Waals surface area contributed by atoms with Gasteiger partial charge >= 0.3 is 0 Å². The predicted molar refractivity (Wildman–Crippen MR) is 230 cm³/mol. The summed E-state index contributed by atoms with van der Waals surface area (Å²) in [5, 5.41) is 6.35. The van der Waals surface area contributed by atoms with Crippen molar-refractivity contribution in [3.05, 3.63) is 182 Å². The number of benzene rings is 8. The van der Waals surface area contributed by atoms with Gasteiger partial charge in [0.05, 0.1) is 5.52 Å². The van der Waals surface area contributed by atoms with Crippen LogP contribution in [0.2, 0.25) is 0 Å². The first-order chi connectivity index (χ1) is 28.2. The Labute approximate surface area is 325 Å². The number of rotatable bonds is 5. The molecule has 0 amide bonds. The molecule has 0 aliphatic rings. The number of hydrogen-bond donors (Lipinski definition) is 0. The zero-order valence-corrected chi connectivity index (χ0v) is 30.4. The molecule has 0 radical (unpaired) electrons. The van der Waals surface area contributed by atoms with Crippen molar-refractivity contribution in [2.75, 3.05) is 0 Å². The lowest BCUT2D eigenvalue weighted by Crippen LogP contribution is -2.06. The van der Waals surface area contributed by atoms with E-state index in [-0.39, 0.29) is 0 Å². The Morgan fingerprint density at radius 1 is 0.368 bits per heavy atom. The molecular formula is C51H30N4O2. The quantitative estimate of drug-likeness (QED) is 0.176. The number of para-hydroxylation sites is 3. The van der Waals surface area contributed by atoms with Gasteiger partial charge in [-0.25, -0.2) is 4.98 Å². The molecule has 4 heterocycles. The van der Waals surface area contributed by atoms with Gasteiger partial charge in [-0.05, 0) is 64.7 Å². The molecule has 6 nitrogen and oxygen atoms in total.